The van der Waals surface area contributed by atoms with Gasteiger partial charge in [-0.25, -0.2) is 0 Å². The van der Waals surface area contributed by atoms with Crippen LogP contribution in [-0.4, -0.2) is 33.0 Å². The first-order valence-electron chi connectivity index (χ1n) is 7.04. The summed E-state index contributed by atoms with van der Waals surface area (Å²) in [5.41, 5.74) is 0.0617. The molecule has 1 aliphatic rings. The summed E-state index contributed by atoms with van der Waals surface area (Å²) in [6.45, 7) is 5.54. The number of hydrogen-bond donors (Lipinski definition) is 2. The van der Waals surface area contributed by atoms with E-state index < -0.39 is 5.60 Å². The van der Waals surface area contributed by atoms with E-state index >= 15 is 0 Å². The molecule has 0 unspecified atom stereocenters. The fourth-order valence-electron chi connectivity index (χ4n) is 2.87. The third kappa shape index (κ3) is 2.03. The van der Waals surface area contributed by atoms with Gasteiger partial charge >= 0.3 is 0 Å². The maximum absolute atomic E-state index is 11.1. The zero-order valence-corrected chi connectivity index (χ0v) is 11.9. The maximum atomic E-state index is 11.1. The summed E-state index contributed by atoms with van der Waals surface area (Å²) in [4.78, 5) is 0. The summed E-state index contributed by atoms with van der Waals surface area (Å²) in [6.07, 6.45) is 0.652. The molecule has 2 heterocycles. The van der Waals surface area contributed by atoms with Gasteiger partial charge in [0.05, 0.1) is 0 Å². The van der Waals surface area contributed by atoms with Crippen LogP contribution in [0.25, 0.3) is 5.69 Å². The Bertz CT molecular complexity index is 595. The molecule has 1 aromatic carbocycles. The number of nitrogens with one attached hydrogen (secondary N) is 1. The molecule has 2 atom stereocenters. The minimum atomic E-state index is -0.928. The number of para-hydroxylation sites is 1. The molecule has 0 amide bonds. The number of aryl methyl sites for hydroxylation is 1. The monoisotopic (exact) mass is 272 g/mol. The molecule has 2 aromatic rings. The Morgan fingerprint density at radius 3 is 2.75 bits per heavy atom. The van der Waals surface area contributed by atoms with Gasteiger partial charge in [-0.2, -0.15) is 0 Å². The molecule has 0 saturated carbocycles. The average Bonchev–Trinajstić information content (AvgIpc) is 2.86. The summed E-state index contributed by atoms with van der Waals surface area (Å²) < 4.78 is 1.96. The molecular weight excluding hydrogens is 252 g/mol. The second-order valence-corrected chi connectivity index (χ2v) is 5.52. The number of piperidine rings is 1. The van der Waals surface area contributed by atoms with E-state index in [4.69, 9.17) is 0 Å². The van der Waals surface area contributed by atoms with Crippen molar-refractivity contribution in [3.63, 3.8) is 0 Å². The van der Waals surface area contributed by atoms with E-state index in [0.717, 1.165) is 24.6 Å². The maximum Gasteiger partial charge on any atom is 0.170 e. The van der Waals surface area contributed by atoms with Crippen LogP contribution in [0.4, 0.5) is 0 Å². The number of hydrogen-bond acceptors (Lipinski definition) is 4. The zero-order valence-electron chi connectivity index (χ0n) is 11.9. The molecule has 0 spiro atoms. The Labute approximate surface area is 118 Å². The second-order valence-electron chi connectivity index (χ2n) is 5.52. The van der Waals surface area contributed by atoms with Crippen molar-refractivity contribution in [1.82, 2.24) is 20.1 Å². The van der Waals surface area contributed by atoms with Crippen LogP contribution in [0.5, 0.6) is 0 Å². The van der Waals surface area contributed by atoms with E-state index in [2.05, 4.69) is 15.5 Å². The van der Waals surface area contributed by atoms with Gasteiger partial charge in [0.25, 0.3) is 0 Å². The van der Waals surface area contributed by atoms with Crippen LogP contribution in [0.2, 0.25) is 0 Å². The topological polar surface area (TPSA) is 63.0 Å². The molecule has 0 aliphatic carbocycles. The lowest BCUT2D eigenvalue weighted by atomic mass is 9.82. The van der Waals surface area contributed by atoms with E-state index in [1.54, 1.807) is 0 Å². The number of benzene rings is 1. The fraction of sp³-hybridized carbons (Fsp3) is 0.467. The molecule has 0 radical (unpaired) electrons. The summed E-state index contributed by atoms with van der Waals surface area (Å²) in [5, 5.41) is 22.9. The highest BCUT2D eigenvalue weighted by atomic mass is 16.3. The molecular formula is C15H20N4O. The summed E-state index contributed by atoms with van der Waals surface area (Å²) >= 11 is 0. The van der Waals surface area contributed by atoms with Gasteiger partial charge in [0.1, 0.15) is 11.4 Å². The summed E-state index contributed by atoms with van der Waals surface area (Å²) in [6, 6.07) is 9.96. The third-order valence-corrected chi connectivity index (χ3v) is 4.18. The summed E-state index contributed by atoms with van der Waals surface area (Å²) in [5.74, 6) is 1.54. The molecule has 1 aromatic heterocycles. The van der Waals surface area contributed by atoms with Gasteiger partial charge in [-0.15, -0.1) is 10.2 Å². The van der Waals surface area contributed by atoms with Crippen molar-refractivity contribution in [3.8, 4) is 5.69 Å². The van der Waals surface area contributed by atoms with Crippen LogP contribution >= 0.6 is 0 Å². The summed E-state index contributed by atoms with van der Waals surface area (Å²) in [7, 11) is 0. The highest BCUT2D eigenvalue weighted by molar-refractivity contribution is 5.35. The Morgan fingerprint density at radius 2 is 2.05 bits per heavy atom. The van der Waals surface area contributed by atoms with Crippen molar-refractivity contribution < 1.29 is 5.11 Å². The van der Waals surface area contributed by atoms with E-state index in [0.29, 0.717) is 12.2 Å². The standard InChI is InChI=1S/C15H20N4O/c1-11-10-16-9-8-15(11,20)14-18-17-12(2)19(14)13-6-4-3-5-7-13/h3-7,11,16,20H,8-10H2,1-2H3/t11-,15+/m0/s1. The highest BCUT2D eigenvalue weighted by Gasteiger charge is 2.42. The normalized spacial score (nSPS) is 26.6. The van der Waals surface area contributed by atoms with Crippen molar-refractivity contribution >= 4 is 0 Å². The number of aliphatic hydroxyl groups is 1. The van der Waals surface area contributed by atoms with E-state index in [-0.39, 0.29) is 5.92 Å². The average molecular weight is 272 g/mol. The van der Waals surface area contributed by atoms with Crippen LogP contribution in [0, 0.1) is 12.8 Å². The fourth-order valence-corrected chi connectivity index (χ4v) is 2.87. The zero-order chi connectivity index (χ0) is 14.2. The third-order valence-electron chi connectivity index (χ3n) is 4.18. The van der Waals surface area contributed by atoms with Crippen LogP contribution in [0.15, 0.2) is 30.3 Å². The minimum absolute atomic E-state index is 0.0994. The molecule has 3 rings (SSSR count). The van der Waals surface area contributed by atoms with Crippen molar-refractivity contribution in [3.05, 3.63) is 42.0 Å². The van der Waals surface area contributed by atoms with Crippen molar-refractivity contribution in [2.24, 2.45) is 5.92 Å². The van der Waals surface area contributed by atoms with E-state index in [1.807, 2.05) is 48.7 Å². The quantitative estimate of drug-likeness (QED) is 0.867. The van der Waals surface area contributed by atoms with Crippen molar-refractivity contribution in [2.75, 3.05) is 13.1 Å². The number of nitrogens with zero attached hydrogens (tertiary/aromatic N) is 3. The van der Waals surface area contributed by atoms with Gasteiger partial charge in [0.2, 0.25) is 0 Å². The molecule has 106 valence electrons. The van der Waals surface area contributed by atoms with Crippen LogP contribution in [0.1, 0.15) is 25.0 Å². The largest absolute Gasteiger partial charge is 0.381 e. The Morgan fingerprint density at radius 1 is 1.30 bits per heavy atom. The molecule has 5 heteroatoms. The predicted molar refractivity (Wildman–Crippen MR) is 76.6 cm³/mol. The van der Waals surface area contributed by atoms with Crippen molar-refractivity contribution in [1.29, 1.82) is 0 Å². The molecule has 0 bridgehead atoms. The molecule has 5 nitrogen and oxygen atoms in total. The van der Waals surface area contributed by atoms with Crippen LogP contribution in [0.3, 0.4) is 0 Å². The van der Waals surface area contributed by atoms with Gasteiger partial charge < -0.3 is 10.4 Å². The highest BCUT2D eigenvalue weighted by Crippen LogP contribution is 2.35. The van der Waals surface area contributed by atoms with Gasteiger partial charge in [0, 0.05) is 18.2 Å². The van der Waals surface area contributed by atoms with Gasteiger partial charge in [-0.3, -0.25) is 4.57 Å². The SMILES string of the molecule is Cc1nnc([C@@]2(O)CCNC[C@@H]2C)n1-c1ccccc1. The van der Waals surface area contributed by atoms with Gasteiger partial charge in [0.15, 0.2) is 5.82 Å². The van der Waals surface area contributed by atoms with Gasteiger partial charge in [-0.05, 0) is 32.0 Å². The number of aromatic nitrogens is 3. The van der Waals surface area contributed by atoms with E-state index in [1.165, 1.54) is 0 Å². The molecule has 1 aliphatic heterocycles. The lowest BCUT2D eigenvalue weighted by Gasteiger charge is -2.37. The first-order valence-corrected chi connectivity index (χ1v) is 7.04. The smallest absolute Gasteiger partial charge is 0.170 e. The lowest BCUT2D eigenvalue weighted by molar-refractivity contribution is -0.0483. The van der Waals surface area contributed by atoms with Crippen LogP contribution in [-0.2, 0) is 5.60 Å². The molecule has 1 fully saturated rings. The number of rotatable bonds is 2. The Balaban J connectivity index is 2.11. The molecule has 20 heavy (non-hydrogen) atoms. The van der Waals surface area contributed by atoms with E-state index in [9.17, 15) is 5.11 Å². The lowest BCUT2D eigenvalue weighted by Crippen LogP contribution is -2.48. The Hall–Kier alpha value is -1.72. The van der Waals surface area contributed by atoms with Gasteiger partial charge in [-0.1, -0.05) is 25.1 Å². The predicted octanol–water partition coefficient (Wildman–Crippen LogP) is 1.39. The first kappa shape index (κ1) is 13.3. The second kappa shape index (κ2) is 5.00. The molecule has 1 saturated heterocycles. The van der Waals surface area contributed by atoms with Crippen LogP contribution < -0.4 is 5.32 Å². The Kier molecular flexibility index (Phi) is 3.31. The minimum Gasteiger partial charge on any atom is -0.381 e. The molecule has 2 N–H and O–H groups in total. The van der Waals surface area contributed by atoms with Crippen molar-refractivity contribution in [2.45, 2.75) is 25.9 Å². The first-order chi connectivity index (χ1) is 9.63.